The first-order valence-corrected chi connectivity index (χ1v) is 7.85. The molecule has 1 aliphatic rings. The van der Waals surface area contributed by atoms with Gasteiger partial charge in [-0.05, 0) is 18.1 Å². The van der Waals surface area contributed by atoms with Crippen LogP contribution in [0.3, 0.4) is 0 Å². The maximum atomic E-state index is 13.6. The summed E-state index contributed by atoms with van der Waals surface area (Å²) in [5.74, 6) is 0. The van der Waals surface area contributed by atoms with Gasteiger partial charge in [0.25, 0.3) is 0 Å². The molecule has 120 valence electrons. The number of hydrogen-bond acceptors (Lipinski definition) is 2. The molecule has 3 nitrogen and oxygen atoms in total. The summed E-state index contributed by atoms with van der Waals surface area (Å²) in [6.07, 6.45) is -1.03. The van der Waals surface area contributed by atoms with Crippen molar-refractivity contribution < 1.29 is 13.9 Å². The molecule has 0 aromatic heterocycles. The molecule has 2 aromatic rings. The second-order valence-corrected chi connectivity index (χ2v) is 5.85. The quantitative estimate of drug-likeness (QED) is 0.813. The van der Waals surface area contributed by atoms with Crippen LogP contribution in [0, 0.1) is 0 Å². The number of benzene rings is 2. The predicted molar refractivity (Wildman–Crippen MR) is 86.6 cm³/mol. The zero-order chi connectivity index (χ0) is 16.2. The van der Waals surface area contributed by atoms with Crippen LogP contribution in [0.4, 0.5) is 9.18 Å². The van der Waals surface area contributed by atoms with Crippen LogP contribution in [0.1, 0.15) is 30.5 Å². The van der Waals surface area contributed by atoms with Crippen molar-refractivity contribution >= 4 is 6.09 Å². The van der Waals surface area contributed by atoms with Crippen LogP contribution in [0.2, 0.25) is 0 Å². The van der Waals surface area contributed by atoms with Crippen molar-refractivity contribution in [2.45, 2.75) is 38.2 Å². The Bertz CT molecular complexity index is 647. The molecule has 3 atom stereocenters. The van der Waals surface area contributed by atoms with Gasteiger partial charge in [-0.25, -0.2) is 9.18 Å². The van der Waals surface area contributed by atoms with Gasteiger partial charge in [0.1, 0.15) is 12.8 Å². The summed E-state index contributed by atoms with van der Waals surface area (Å²) in [5.41, 5.74) is 1.89. The Kier molecular flexibility index (Phi) is 4.60. The summed E-state index contributed by atoms with van der Waals surface area (Å²) in [4.78, 5) is 14.0. The van der Waals surface area contributed by atoms with E-state index in [0.29, 0.717) is 6.42 Å². The van der Waals surface area contributed by atoms with Crippen LogP contribution in [0.5, 0.6) is 0 Å². The average Bonchev–Trinajstić information content (AvgIpc) is 3.31. The Hall–Kier alpha value is -2.36. The standard InChI is InChI=1S/C19H20FNO2/c1-14(16-10-6-3-7-11-16)21(18-12-17(18)20)19(22)23-13-15-8-4-2-5-9-15/h2-11,14,17-18H,12-13H2,1H3/t14-,17-,18+/m0/s1. The Morgan fingerprint density at radius 3 is 2.30 bits per heavy atom. The van der Waals surface area contributed by atoms with Gasteiger partial charge in [0.05, 0.1) is 12.1 Å². The van der Waals surface area contributed by atoms with Crippen LogP contribution in [0.25, 0.3) is 0 Å². The fraction of sp³-hybridized carbons (Fsp3) is 0.316. The van der Waals surface area contributed by atoms with E-state index >= 15 is 0 Å². The molecular formula is C19H20FNO2. The predicted octanol–water partition coefficient (Wildman–Crippen LogP) is 4.50. The molecule has 1 saturated carbocycles. The highest BCUT2D eigenvalue weighted by molar-refractivity contribution is 5.69. The lowest BCUT2D eigenvalue weighted by Gasteiger charge is -2.28. The summed E-state index contributed by atoms with van der Waals surface area (Å²) >= 11 is 0. The average molecular weight is 313 g/mol. The van der Waals surface area contributed by atoms with Crippen LogP contribution in [-0.2, 0) is 11.3 Å². The lowest BCUT2D eigenvalue weighted by atomic mass is 10.1. The molecule has 1 amide bonds. The Labute approximate surface area is 135 Å². The zero-order valence-corrected chi connectivity index (χ0v) is 13.1. The van der Waals surface area contributed by atoms with E-state index < -0.39 is 12.3 Å². The third-order valence-electron chi connectivity index (χ3n) is 4.15. The smallest absolute Gasteiger partial charge is 0.410 e. The molecule has 1 fully saturated rings. The van der Waals surface area contributed by atoms with Gasteiger partial charge < -0.3 is 4.74 Å². The number of hydrogen-bond donors (Lipinski definition) is 0. The fourth-order valence-corrected chi connectivity index (χ4v) is 2.71. The number of nitrogens with zero attached hydrogens (tertiary/aromatic N) is 1. The van der Waals surface area contributed by atoms with Gasteiger partial charge in [-0.1, -0.05) is 60.7 Å². The Morgan fingerprint density at radius 2 is 1.74 bits per heavy atom. The number of alkyl halides is 1. The van der Waals surface area contributed by atoms with Crippen molar-refractivity contribution in [3.05, 3.63) is 71.8 Å². The minimum atomic E-state index is -0.953. The SMILES string of the molecule is C[C@@H](c1ccccc1)N(C(=O)OCc1ccccc1)[C@@H]1C[C@@H]1F. The summed E-state index contributed by atoms with van der Waals surface area (Å²) in [7, 11) is 0. The van der Waals surface area contributed by atoms with Crippen molar-refractivity contribution in [3.63, 3.8) is 0 Å². The maximum absolute atomic E-state index is 13.6. The molecule has 0 aliphatic heterocycles. The fourth-order valence-electron chi connectivity index (χ4n) is 2.71. The van der Waals surface area contributed by atoms with Gasteiger partial charge in [-0.15, -0.1) is 0 Å². The summed E-state index contributed by atoms with van der Waals surface area (Å²) in [5, 5.41) is 0. The van der Waals surface area contributed by atoms with E-state index in [4.69, 9.17) is 4.74 Å². The van der Waals surface area contributed by atoms with E-state index in [2.05, 4.69) is 0 Å². The highest BCUT2D eigenvalue weighted by Gasteiger charge is 2.47. The molecule has 1 aliphatic carbocycles. The number of halogens is 1. The molecule has 0 N–H and O–H groups in total. The lowest BCUT2D eigenvalue weighted by molar-refractivity contribution is 0.0761. The first-order chi connectivity index (χ1) is 11.2. The third-order valence-corrected chi connectivity index (χ3v) is 4.15. The molecule has 0 saturated heterocycles. The summed E-state index contributed by atoms with van der Waals surface area (Å²) in [6.45, 7) is 2.10. The lowest BCUT2D eigenvalue weighted by Crippen LogP contribution is -2.37. The Balaban J connectivity index is 1.70. The number of carbonyl (C=O) groups excluding carboxylic acids is 1. The molecule has 3 rings (SSSR count). The largest absolute Gasteiger partial charge is 0.445 e. The molecule has 0 bridgehead atoms. The third kappa shape index (κ3) is 3.70. The van der Waals surface area contributed by atoms with Crippen LogP contribution in [-0.4, -0.2) is 23.2 Å². The number of rotatable bonds is 5. The summed E-state index contributed by atoms with van der Waals surface area (Å²) < 4.78 is 19.0. The second kappa shape index (κ2) is 6.82. The van der Waals surface area contributed by atoms with E-state index in [9.17, 15) is 9.18 Å². The number of ether oxygens (including phenoxy) is 1. The summed E-state index contributed by atoms with van der Waals surface area (Å²) in [6, 6.07) is 18.5. The van der Waals surface area contributed by atoms with Crippen molar-refractivity contribution in [1.82, 2.24) is 4.90 Å². The maximum Gasteiger partial charge on any atom is 0.410 e. The van der Waals surface area contributed by atoms with E-state index in [0.717, 1.165) is 11.1 Å². The van der Waals surface area contributed by atoms with Crippen LogP contribution < -0.4 is 0 Å². The Morgan fingerprint density at radius 1 is 1.17 bits per heavy atom. The normalized spacial score (nSPS) is 20.6. The minimum Gasteiger partial charge on any atom is -0.445 e. The van der Waals surface area contributed by atoms with Crippen LogP contribution >= 0.6 is 0 Å². The van der Waals surface area contributed by atoms with Gasteiger partial charge in [0.15, 0.2) is 0 Å². The van der Waals surface area contributed by atoms with Gasteiger partial charge in [0.2, 0.25) is 0 Å². The van der Waals surface area contributed by atoms with E-state index in [-0.39, 0.29) is 18.7 Å². The van der Waals surface area contributed by atoms with Gasteiger partial charge >= 0.3 is 6.09 Å². The topological polar surface area (TPSA) is 29.5 Å². The van der Waals surface area contributed by atoms with Crippen molar-refractivity contribution in [1.29, 1.82) is 0 Å². The highest BCUT2D eigenvalue weighted by Crippen LogP contribution is 2.37. The molecule has 2 aromatic carbocycles. The molecule has 4 heteroatoms. The first kappa shape index (κ1) is 15.5. The molecule has 0 spiro atoms. The van der Waals surface area contributed by atoms with Gasteiger partial charge in [-0.2, -0.15) is 0 Å². The van der Waals surface area contributed by atoms with Crippen molar-refractivity contribution in [3.8, 4) is 0 Å². The molecule has 0 unspecified atom stereocenters. The van der Waals surface area contributed by atoms with Gasteiger partial charge in [0, 0.05) is 6.42 Å². The minimum absolute atomic E-state index is 0.196. The van der Waals surface area contributed by atoms with E-state index in [1.54, 1.807) is 0 Å². The first-order valence-electron chi connectivity index (χ1n) is 7.85. The zero-order valence-electron chi connectivity index (χ0n) is 13.1. The van der Waals surface area contributed by atoms with E-state index in [1.807, 2.05) is 67.6 Å². The molecule has 0 radical (unpaired) electrons. The molecule has 0 heterocycles. The monoisotopic (exact) mass is 313 g/mol. The van der Waals surface area contributed by atoms with Crippen molar-refractivity contribution in [2.24, 2.45) is 0 Å². The van der Waals surface area contributed by atoms with E-state index in [1.165, 1.54) is 4.90 Å². The van der Waals surface area contributed by atoms with Crippen LogP contribution in [0.15, 0.2) is 60.7 Å². The van der Waals surface area contributed by atoms with Gasteiger partial charge in [-0.3, -0.25) is 4.90 Å². The molecular weight excluding hydrogens is 293 g/mol. The highest BCUT2D eigenvalue weighted by atomic mass is 19.1. The molecule has 23 heavy (non-hydrogen) atoms. The number of amides is 1. The van der Waals surface area contributed by atoms with Crippen molar-refractivity contribution in [2.75, 3.05) is 0 Å². The number of carbonyl (C=O) groups is 1. The second-order valence-electron chi connectivity index (χ2n) is 5.85.